The molecule has 0 spiro atoms. The number of nitrogens with one attached hydrogen (secondary N) is 1. The van der Waals surface area contributed by atoms with Crippen LogP contribution in [-0.4, -0.2) is 82.4 Å². The number of imidazole rings is 1. The van der Waals surface area contributed by atoms with Crippen LogP contribution in [0.4, 0.5) is 11.1 Å². The van der Waals surface area contributed by atoms with E-state index in [0.717, 1.165) is 21.8 Å². The van der Waals surface area contributed by atoms with Crippen molar-refractivity contribution in [1.82, 2.24) is 24.8 Å². The number of carboxylic acid groups (broad SMARTS) is 2. The summed E-state index contributed by atoms with van der Waals surface area (Å²) in [4.78, 5) is 64.2. The number of hydrogen-bond donors (Lipinski definition) is 5. The first kappa shape index (κ1) is 29.1. The van der Waals surface area contributed by atoms with Crippen molar-refractivity contribution in [2.75, 3.05) is 17.2 Å². The topological polar surface area (TPSA) is 232 Å². The average Bonchev–Trinajstić information content (AvgIpc) is 3.42. The summed E-state index contributed by atoms with van der Waals surface area (Å²) in [7, 11) is 1.76. The smallest absolute Gasteiger partial charge is 0.352 e. The number of anilines is 2. The predicted octanol–water partition coefficient (Wildman–Crippen LogP) is -0.232. The molecule has 220 valence electrons. The SMILES string of the molecule is C[C@H](ON=C(C(=O)NC1C(=O)N2C(C(=O)O)=C(C[n+]3ccc4nc(N)n(C)c4c3)CS[C@H]12)c1nc(N)sc1Cl)C(=O)O. The van der Waals surface area contributed by atoms with Crippen LogP contribution < -0.4 is 21.4 Å². The number of nitrogens with zero attached hydrogens (tertiary/aromatic N) is 6. The molecule has 3 aromatic rings. The van der Waals surface area contributed by atoms with Gasteiger partial charge in [-0.05, 0) is 6.92 Å². The third-order valence-electron chi connectivity index (χ3n) is 6.52. The summed E-state index contributed by atoms with van der Waals surface area (Å²) in [5, 5.41) is 24.6. The Labute approximate surface area is 249 Å². The van der Waals surface area contributed by atoms with Gasteiger partial charge in [-0.25, -0.2) is 19.6 Å². The van der Waals surface area contributed by atoms with Crippen LogP contribution in [0.2, 0.25) is 4.34 Å². The molecule has 16 nitrogen and oxygen atoms in total. The number of carbonyl (C=O) groups is 4. The number of aryl methyl sites for hydroxylation is 1. The van der Waals surface area contributed by atoms with Gasteiger partial charge in [0, 0.05) is 24.4 Å². The molecule has 5 rings (SSSR count). The lowest BCUT2D eigenvalue weighted by atomic mass is 10.0. The third kappa shape index (κ3) is 5.19. The van der Waals surface area contributed by atoms with Crippen molar-refractivity contribution in [3.8, 4) is 0 Å². The fraction of sp³-hybridized carbons (Fsp3) is 0.304. The number of pyridine rings is 1. The van der Waals surface area contributed by atoms with E-state index in [2.05, 4.69) is 20.4 Å². The van der Waals surface area contributed by atoms with Crippen molar-refractivity contribution in [1.29, 1.82) is 0 Å². The number of thioether (sulfide) groups is 1. The lowest BCUT2D eigenvalue weighted by Gasteiger charge is -2.49. The molecule has 5 heterocycles. The molecule has 19 heteroatoms. The Kier molecular flexibility index (Phi) is 7.69. The van der Waals surface area contributed by atoms with Crippen molar-refractivity contribution >= 4 is 86.3 Å². The first-order valence-corrected chi connectivity index (χ1v) is 14.3. The van der Waals surface area contributed by atoms with E-state index >= 15 is 0 Å². The van der Waals surface area contributed by atoms with E-state index in [9.17, 15) is 24.3 Å². The predicted molar refractivity (Wildman–Crippen MR) is 151 cm³/mol. The number of nitrogen functional groups attached to an aromatic ring is 2. The molecule has 1 unspecified atom stereocenters. The highest BCUT2D eigenvalue weighted by atomic mass is 35.5. The molecule has 2 aliphatic heterocycles. The zero-order chi connectivity index (χ0) is 30.5. The summed E-state index contributed by atoms with van der Waals surface area (Å²) in [6.45, 7) is 1.38. The monoisotopic (exact) mass is 636 g/mol. The summed E-state index contributed by atoms with van der Waals surface area (Å²) >= 11 is 8.27. The maximum absolute atomic E-state index is 13.2. The minimum atomic E-state index is -1.41. The van der Waals surface area contributed by atoms with Crippen LogP contribution in [0.3, 0.4) is 0 Å². The van der Waals surface area contributed by atoms with Gasteiger partial charge < -0.3 is 36.4 Å². The number of β-lactam (4-membered cyclic amide) rings is 1. The second-order valence-electron chi connectivity index (χ2n) is 9.24. The van der Waals surface area contributed by atoms with Crippen molar-refractivity contribution in [2.24, 2.45) is 12.2 Å². The first-order chi connectivity index (χ1) is 19.9. The van der Waals surface area contributed by atoms with Crippen LogP contribution in [-0.2, 0) is 37.6 Å². The van der Waals surface area contributed by atoms with Crippen molar-refractivity contribution < 1.29 is 38.8 Å². The Morgan fingerprint density at radius 2 is 2.07 bits per heavy atom. The van der Waals surface area contributed by atoms with Gasteiger partial charge in [-0.15, -0.1) is 11.8 Å². The normalized spacial score (nSPS) is 19.4. The number of thiazole rings is 1. The maximum Gasteiger partial charge on any atom is 0.352 e. The van der Waals surface area contributed by atoms with Crippen LogP contribution in [0, 0.1) is 0 Å². The van der Waals surface area contributed by atoms with E-state index < -0.39 is 47.0 Å². The van der Waals surface area contributed by atoms with Gasteiger partial charge in [0.05, 0.1) is 0 Å². The van der Waals surface area contributed by atoms with Gasteiger partial charge in [-0.1, -0.05) is 28.1 Å². The molecule has 1 saturated heterocycles. The summed E-state index contributed by atoms with van der Waals surface area (Å²) in [5.74, 6) is -3.63. The summed E-state index contributed by atoms with van der Waals surface area (Å²) in [5.41, 5.74) is 12.7. The van der Waals surface area contributed by atoms with Gasteiger partial charge in [-0.3, -0.25) is 14.5 Å². The van der Waals surface area contributed by atoms with E-state index in [1.54, 1.807) is 34.6 Å². The molecule has 0 saturated carbocycles. The number of oxime groups is 1. The molecule has 3 atom stereocenters. The van der Waals surface area contributed by atoms with Gasteiger partial charge in [0.25, 0.3) is 11.8 Å². The number of carboxylic acids is 2. The van der Waals surface area contributed by atoms with E-state index in [1.165, 1.54) is 18.7 Å². The standard InChI is InChI=1S/C23H22ClN9O7S2/c1-8(20(36)37)40-30-13(12-16(24)42-23(26)29-12)17(34)28-14-18(35)33-15(21(38)39)9(7-41-19(14)33)5-32-4-3-10-11(6-32)31(2)22(25)27-10/h3-4,6,8,14,19,25H,5,7H2,1-2H3,(H5,26,28,29,34,36,37,38,39)/p+1/t8-,14?,19+/m0/s1. The molecule has 2 amide bonds. The van der Waals surface area contributed by atoms with E-state index in [1.807, 2.05) is 0 Å². The highest BCUT2D eigenvalue weighted by Gasteiger charge is 2.55. The summed E-state index contributed by atoms with van der Waals surface area (Å²) in [6, 6.07) is 0.644. The van der Waals surface area contributed by atoms with Gasteiger partial charge in [0.1, 0.15) is 38.2 Å². The highest BCUT2D eigenvalue weighted by Crippen LogP contribution is 2.40. The minimum absolute atomic E-state index is 0.00758. The molecule has 0 radical (unpaired) electrons. The Balaban J connectivity index is 1.38. The average molecular weight is 637 g/mol. The van der Waals surface area contributed by atoms with E-state index in [0.29, 0.717) is 17.0 Å². The fourth-order valence-electron chi connectivity index (χ4n) is 4.36. The lowest BCUT2D eigenvalue weighted by molar-refractivity contribution is -0.687. The number of nitrogens with two attached hydrogens (primary N) is 2. The maximum atomic E-state index is 13.2. The highest BCUT2D eigenvalue weighted by molar-refractivity contribution is 8.00. The molecule has 3 aromatic heterocycles. The molecule has 1 fully saturated rings. The third-order valence-corrected chi connectivity index (χ3v) is 8.94. The Hall–Kier alpha value is -4.42. The van der Waals surface area contributed by atoms with Crippen LogP contribution in [0.25, 0.3) is 11.0 Å². The molecule has 42 heavy (non-hydrogen) atoms. The molecule has 0 aromatic carbocycles. The largest absolute Gasteiger partial charge is 0.478 e. The fourth-order valence-corrected chi connectivity index (χ4v) is 6.62. The second-order valence-corrected chi connectivity index (χ2v) is 12.0. The molecule has 0 bridgehead atoms. The lowest BCUT2D eigenvalue weighted by Crippen LogP contribution is -2.71. The van der Waals surface area contributed by atoms with Gasteiger partial charge in [0.15, 0.2) is 29.8 Å². The Morgan fingerprint density at radius 1 is 1.33 bits per heavy atom. The van der Waals surface area contributed by atoms with E-state index in [-0.39, 0.29) is 33.2 Å². The summed E-state index contributed by atoms with van der Waals surface area (Å²) < 4.78 is 3.47. The number of halogens is 1. The zero-order valence-corrected chi connectivity index (χ0v) is 24.2. The number of aromatic nitrogens is 4. The van der Waals surface area contributed by atoms with E-state index in [4.69, 9.17) is 33.0 Å². The number of hydrogen-bond acceptors (Lipinski definition) is 12. The van der Waals surface area contributed by atoms with Crippen LogP contribution in [0.15, 0.2) is 34.9 Å². The van der Waals surface area contributed by atoms with Crippen molar-refractivity contribution in [2.45, 2.75) is 31.0 Å². The molecular formula is C23H23ClN9O7S2+. The zero-order valence-electron chi connectivity index (χ0n) is 21.8. The molecule has 7 N–H and O–H groups in total. The summed E-state index contributed by atoms with van der Waals surface area (Å²) in [6.07, 6.45) is 2.12. The minimum Gasteiger partial charge on any atom is -0.478 e. The number of fused-ring (bicyclic) bond motifs is 2. The van der Waals surface area contributed by atoms with Crippen molar-refractivity contribution in [3.63, 3.8) is 0 Å². The van der Waals surface area contributed by atoms with Gasteiger partial charge in [0.2, 0.25) is 12.1 Å². The van der Waals surface area contributed by atoms with Gasteiger partial charge in [-0.2, -0.15) is 4.57 Å². The number of rotatable bonds is 9. The first-order valence-electron chi connectivity index (χ1n) is 12.1. The molecular weight excluding hydrogens is 614 g/mol. The molecule has 0 aliphatic carbocycles. The molecule has 2 aliphatic rings. The van der Waals surface area contributed by atoms with Crippen LogP contribution in [0.5, 0.6) is 0 Å². The van der Waals surface area contributed by atoms with Gasteiger partial charge >= 0.3 is 11.9 Å². The number of aliphatic carboxylic acids is 2. The van der Waals surface area contributed by atoms with Crippen LogP contribution >= 0.6 is 34.7 Å². The Morgan fingerprint density at radius 3 is 2.71 bits per heavy atom. The van der Waals surface area contributed by atoms with Crippen molar-refractivity contribution in [3.05, 3.63) is 39.8 Å². The van der Waals surface area contributed by atoms with Crippen LogP contribution in [0.1, 0.15) is 12.6 Å². The Bertz CT molecular complexity index is 1720. The second kappa shape index (κ2) is 11.1. The number of carbonyl (C=O) groups excluding carboxylic acids is 2. The number of amides is 2. The quantitative estimate of drug-likeness (QED) is 0.0887.